The smallest absolute Gasteiger partial charge is 0.0916 e. The fraction of sp³-hybridized carbons (Fsp3) is 0.423. The molecule has 0 heterocycles. The van der Waals surface area contributed by atoms with Gasteiger partial charge in [0, 0.05) is 38.2 Å². The molecule has 0 saturated carbocycles. The minimum atomic E-state index is -3.92. The van der Waals surface area contributed by atoms with Crippen LogP contribution >= 0.6 is 0 Å². The van der Waals surface area contributed by atoms with Gasteiger partial charge in [-0.3, -0.25) is 0 Å². The summed E-state index contributed by atoms with van der Waals surface area (Å²) in [6.07, 6.45) is 21.2. The minimum absolute atomic E-state index is 0. The van der Waals surface area contributed by atoms with Crippen LogP contribution in [0.3, 0.4) is 0 Å². The molecule has 0 aromatic heterocycles. The van der Waals surface area contributed by atoms with Crippen LogP contribution in [0.5, 0.6) is 0 Å². The first-order valence-corrected chi connectivity index (χ1v) is 48.8. The molecule has 131 heavy (non-hydrogen) atoms. The van der Waals surface area contributed by atoms with Gasteiger partial charge < -0.3 is 104 Å². The molecule has 0 saturated heterocycles. The molecule has 8 rings (SSSR count). The quantitative estimate of drug-likeness (QED) is 0.0299. The summed E-state index contributed by atoms with van der Waals surface area (Å²) in [5, 5.41) is 0. The Morgan fingerprint density at radius 2 is 0.305 bits per heavy atom. The predicted octanol–water partition coefficient (Wildman–Crippen LogP) is 11.6. The van der Waals surface area contributed by atoms with Crippen molar-refractivity contribution in [2.75, 3.05) is 229 Å². The molecule has 742 valence electrons. The first-order chi connectivity index (χ1) is 59.3. The zero-order valence-corrected chi connectivity index (χ0v) is 92.9. The summed E-state index contributed by atoms with van der Waals surface area (Å²) in [6.45, 7) is 71.1. The third kappa shape index (κ3) is 103. The van der Waals surface area contributed by atoms with Crippen LogP contribution in [0.2, 0.25) is 0 Å². The molecule has 0 aliphatic carbocycles. The van der Waals surface area contributed by atoms with Crippen LogP contribution in [0.15, 0.2) is 295 Å². The van der Waals surface area contributed by atoms with Crippen molar-refractivity contribution in [2.24, 2.45) is 0 Å². The highest BCUT2D eigenvalue weighted by Gasteiger charge is 2.21. The predicted molar refractivity (Wildman–Crippen MR) is 567 cm³/mol. The molecule has 0 fully saturated rings. The molecule has 8 aromatic rings. The first kappa shape index (κ1) is 144. The summed E-state index contributed by atoms with van der Waals surface area (Å²) in [6, 6.07) is 80.2. The fourth-order valence-electron chi connectivity index (χ4n) is 10.0. The van der Waals surface area contributed by atoms with Crippen LogP contribution in [-0.4, -0.2) is 291 Å². The van der Waals surface area contributed by atoms with E-state index in [1.807, 2.05) is 291 Å². The average Bonchev–Trinajstić information content (AvgIpc) is 0.913. The molecule has 0 unspecified atom stereocenters. The van der Waals surface area contributed by atoms with Gasteiger partial charge in [0.1, 0.15) is 0 Å². The Hall–Kier alpha value is -7.28. The lowest BCUT2D eigenvalue weighted by molar-refractivity contribution is -0.918. The van der Waals surface area contributed by atoms with Crippen molar-refractivity contribution in [1.29, 1.82) is 0 Å². The van der Waals surface area contributed by atoms with Crippen LogP contribution in [0.4, 0.5) is 0 Å². The molecule has 20 heteroatoms. The van der Waals surface area contributed by atoms with Gasteiger partial charge in [0.25, 0.3) is 0 Å². The van der Waals surface area contributed by atoms with Gasteiger partial charge >= 0.3 is 0 Å². The number of hydrogen-bond donors (Lipinski definition) is 0. The molecule has 0 aliphatic heterocycles. The van der Waals surface area contributed by atoms with Gasteiger partial charge in [0.15, 0.2) is 0 Å². The summed E-state index contributed by atoms with van der Waals surface area (Å²) in [4.78, 5) is 0. The van der Waals surface area contributed by atoms with E-state index in [2.05, 4.69) is 221 Å². The third-order valence-corrected chi connectivity index (χ3v) is 21.8. The summed E-state index contributed by atoms with van der Waals surface area (Å²) in [5.41, 5.74) is 9.39. The number of rotatable bonds is 33. The molecule has 0 spiro atoms. The number of quaternary nitrogens is 8. The maximum absolute atomic E-state index is 9.08. The molecular formula is C111H184Br2Cl2N8O6S2+2. The molecule has 0 N–H and O–H groups in total. The Morgan fingerprint density at radius 1 is 0.214 bits per heavy atom. The first-order valence-electron chi connectivity index (χ1n) is 45.1. The summed E-state index contributed by atoms with van der Waals surface area (Å²) in [7, 11) is 26.9. The molecule has 0 amide bonds. The van der Waals surface area contributed by atoms with E-state index in [4.69, 9.17) is 25.9 Å². The van der Waals surface area contributed by atoms with Crippen molar-refractivity contribution in [3.8, 4) is 0 Å². The van der Waals surface area contributed by atoms with Crippen molar-refractivity contribution in [3.05, 3.63) is 340 Å². The Bertz CT molecular complexity index is 3510. The van der Waals surface area contributed by atoms with Gasteiger partial charge in [-0.1, -0.05) is 344 Å². The zero-order valence-electron chi connectivity index (χ0n) is 86.6. The summed E-state index contributed by atoms with van der Waals surface area (Å²) >= 11 is 0. The minimum Gasteiger partial charge on any atom is -1.00 e. The number of halogens is 4. The van der Waals surface area contributed by atoms with E-state index in [0.29, 0.717) is 12.5 Å². The Labute approximate surface area is 840 Å². The fourth-order valence-corrected chi connectivity index (χ4v) is 10.0. The van der Waals surface area contributed by atoms with Crippen LogP contribution in [0.25, 0.3) is 48.6 Å². The van der Waals surface area contributed by atoms with E-state index < -0.39 is 20.2 Å². The highest BCUT2D eigenvalue weighted by molar-refractivity contribution is 7.85. The van der Waals surface area contributed by atoms with Crippen LogP contribution in [0, 0.1) is 0 Å². The number of nitrogens with zero attached hydrogens (tertiary/aromatic N) is 8. The van der Waals surface area contributed by atoms with Crippen LogP contribution < -0.4 is 58.8 Å². The van der Waals surface area contributed by atoms with Gasteiger partial charge in [-0.15, -0.1) is 0 Å². The van der Waals surface area contributed by atoms with Gasteiger partial charge in [-0.2, -0.15) is 0 Å². The standard InChI is InChI=1S/C12H30N2.3C11H28N2.8C8H8.2CH4O3S.2BrH.2ClH/c1-7-13(4,5)11-10-12-14(6,8-2)9-3;3*1-7-12(3,4)10-9-11-13(5,6)8-2;8*1-2-8-6-4-3-5-7-8;2*1-5(2,3)4;;;;/h7-12H2,1-6H3;3*7-11H2,1-6H3;8*2-7H,1H2;2*1H3,(H,2,3,4);4*1H/q4*+2;;;;;;;;;;;;;;/p-6. The van der Waals surface area contributed by atoms with E-state index in [9.17, 15) is 0 Å². The molecule has 0 aliphatic rings. The zero-order chi connectivity index (χ0) is 98.4. The highest BCUT2D eigenvalue weighted by atomic mass is 79.9. The van der Waals surface area contributed by atoms with E-state index in [1.54, 1.807) is 0 Å². The molecule has 14 nitrogen and oxygen atoms in total. The lowest BCUT2D eigenvalue weighted by Crippen LogP contribution is -3.00. The topological polar surface area (TPSA) is 114 Å². The van der Waals surface area contributed by atoms with Gasteiger partial charge in [0.05, 0.1) is 237 Å². The van der Waals surface area contributed by atoms with Gasteiger partial charge in [-0.05, 0) is 107 Å². The van der Waals surface area contributed by atoms with Crippen molar-refractivity contribution < 1.29 is 121 Å². The molecule has 0 bridgehead atoms. The summed E-state index contributed by atoms with van der Waals surface area (Å²) < 4.78 is 63.8. The monoisotopic (exact) mass is 2020 g/mol. The molecular weight excluding hydrogens is 1840 g/mol. The van der Waals surface area contributed by atoms with E-state index in [0.717, 1.165) is 31.4 Å². The van der Waals surface area contributed by atoms with Crippen molar-refractivity contribution in [3.63, 3.8) is 0 Å². The Morgan fingerprint density at radius 3 is 0.374 bits per heavy atom. The lowest BCUT2D eigenvalue weighted by Gasteiger charge is -2.34. The third-order valence-electron chi connectivity index (χ3n) is 21.8. The van der Waals surface area contributed by atoms with Crippen molar-refractivity contribution >= 4 is 68.8 Å². The maximum atomic E-state index is 9.08. The van der Waals surface area contributed by atoms with E-state index in [1.165, 1.54) is 186 Å². The van der Waals surface area contributed by atoms with Gasteiger partial charge in [0.2, 0.25) is 0 Å². The second-order valence-electron chi connectivity index (χ2n) is 35.5. The number of hydrogen-bond acceptors (Lipinski definition) is 6. The Balaban J connectivity index is -0.000000151. The molecule has 0 radical (unpaired) electrons. The SMILES string of the molecule is C=Cc1ccccc1.C=Cc1ccccc1.C=Cc1ccccc1.C=Cc1ccccc1.C=Cc1ccccc1.C=Cc1ccccc1.C=Cc1ccccc1.C=Cc1ccccc1.CC[N+](C)(C)CCC[N+](C)(C)CC.CC[N+](C)(C)CCC[N+](C)(C)CC.CC[N+](C)(C)CCC[N+](C)(C)CC.CC[N+](C)(C)CCC[N+](C)(CC)CC.CS(=O)(=O)[O-].CS(=O)(=O)[O-].[Br-].[Br-].[Cl-].[Cl-]. The van der Waals surface area contributed by atoms with Crippen LogP contribution in [0.1, 0.15) is 133 Å². The second-order valence-corrected chi connectivity index (χ2v) is 38.4. The lowest BCUT2D eigenvalue weighted by atomic mass is 10.2. The summed E-state index contributed by atoms with van der Waals surface area (Å²) in [5.74, 6) is 0. The second kappa shape index (κ2) is 85.6. The maximum Gasteiger partial charge on any atom is 0.0916 e. The van der Waals surface area contributed by atoms with Gasteiger partial charge in [-0.25, -0.2) is 16.8 Å². The van der Waals surface area contributed by atoms with E-state index in [-0.39, 0.29) is 58.8 Å². The van der Waals surface area contributed by atoms with Crippen molar-refractivity contribution in [1.82, 2.24) is 0 Å². The van der Waals surface area contributed by atoms with Crippen LogP contribution in [-0.2, 0) is 20.2 Å². The Kier molecular flexibility index (Phi) is 94.2. The van der Waals surface area contributed by atoms with Crippen molar-refractivity contribution in [2.45, 2.75) is 88.0 Å². The molecule has 8 aromatic carbocycles. The number of benzene rings is 8. The van der Waals surface area contributed by atoms with E-state index >= 15 is 0 Å². The normalized spacial score (nSPS) is 10.4. The average molecular weight is 2020 g/mol. The largest absolute Gasteiger partial charge is 1.00 e. The highest BCUT2D eigenvalue weighted by Crippen LogP contribution is 2.10. The molecule has 0 atom stereocenters.